The van der Waals surface area contributed by atoms with Gasteiger partial charge in [0.05, 0.1) is 25.9 Å². The normalized spacial score (nSPS) is 16.6. The summed E-state index contributed by atoms with van der Waals surface area (Å²) in [6, 6.07) is 5.91. The fourth-order valence-corrected chi connectivity index (χ4v) is 2.54. The van der Waals surface area contributed by atoms with Crippen LogP contribution in [0.15, 0.2) is 24.3 Å². The van der Waals surface area contributed by atoms with Crippen LogP contribution in [0.1, 0.15) is 0 Å². The van der Waals surface area contributed by atoms with Crippen molar-refractivity contribution >= 4 is 12.4 Å². The average Bonchev–Trinajstić information content (AvgIpc) is 2.62. The van der Waals surface area contributed by atoms with Gasteiger partial charge in [-0.1, -0.05) is 12.1 Å². The number of morpholine rings is 1. The van der Waals surface area contributed by atoms with E-state index in [4.69, 9.17) is 24.5 Å². The smallest absolute Gasteiger partial charge is 0.290 e. The number of aliphatic hydroxyl groups is 1. The van der Waals surface area contributed by atoms with Crippen LogP contribution in [0.2, 0.25) is 0 Å². The monoisotopic (exact) mass is 372 g/mol. The number of nitrogens with zero attached hydrogens (tertiary/aromatic N) is 2. The number of carbonyl (C=O) groups excluding carboxylic acids is 1. The summed E-state index contributed by atoms with van der Waals surface area (Å²) in [5.41, 5.74) is 0. The van der Waals surface area contributed by atoms with E-state index in [0.29, 0.717) is 32.8 Å². The molecule has 0 aliphatic carbocycles. The molecule has 1 aromatic rings. The molecule has 1 atom stereocenters. The Balaban J connectivity index is 0.00000105. The molecular formula is C17H25FN2O6. The SMILES string of the molecule is CN(CCO)CC1COCCN1C(=O)COc1ccccc1F.O=CO. The number of rotatable bonds is 7. The largest absolute Gasteiger partial charge is 0.483 e. The second kappa shape index (κ2) is 12.2. The first-order valence-electron chi connectivity index (χ1n) is 8.15. The summed E-state index contributed by atoms with van der Waals surface area (Å²) in [6.07, 6.45) is 0. The predicted molar refractivity (Wildman–Crippen MR) is 91.5 cm³/mol. The van der Waals surface area contributed by atoms with Gasteiger partial charge in [0, 0.05) is 19.6 Å². The maximum Gasteiger partial charge on any atom is 0.290 e. The number of hydrogen-bond donors (Lipinski definition) is 2. The van der Waals surface area contributed by atoms with Crippen molar-refractivity contribution in [1.29, 1.82) is 0 Å². The van der Waals surface area contributed by atoms with E-state index >= 15 is 0 Å². The molecule has 1 aliphatic heterocycles. The highest BCUT2D eigenvalue weighted by Gasteiger charge is 2.28. The Kier molecular flexibility index (Phi) is 10.2. The minimum atomic E-state index is -0.485. The van der Waals surface area contributed by atoms with E-state index in [2.05, 4.69) is 0 Å². The van der Waals surface area contributed by atoms with Gasteiger partial charge >= 0.3 is 0 Å². The van der Waals surface area contributed by atoms with Gasteiger partial charge in [0.2, 0.25) is 0 Å². The highest BCUT2D eigenvalue weighted by molar-refractivity contribution is 5.78. The van der Waals surface area contributed by atoms with E-state index in [0.717, 1.165) is 0 Å². The number of ether oxygens (including phenoxy) is 2. The first-order valence-corrected chi connectivity index (χ1v) is 8.15. The Hall–Kier alpha value is -2.23. The number of amides is 1. The van der Waals surface area contributed by atoms with Crippen LogP contribution >= 0.6 is 0 Å². The van der Waals surface area contributed by atoms with Gasteiger partial charge < -0.3 is 29.5 Å². The van der Waals surface area contributed by atoms with E-state index < -0.39 is 5.82 Å². The zero-order chi connectivity index (χ0) is 19.4. The molecule has 26 heavy (non-hydrogen) atoms. The van der Waals surface area contributed by atoms with Gasteiger partial charge in [0.15, 0.2) is 18.2 Å². The third kappa shape index (κ3) is 7.34. The molecule has 1 unspecified atom stereocenters. The zero-order valence-corrected chi connectivity index (χ0v) is 14.7. The van der Waals surface area contributed by atoms with Crippen molar-refractivity contribution in [2.75, 3.05) is 53.1 Å². The van der Waals surface area contributed by atoms with Crippen molar-refractivity contribution in [3.63, 3.8) is 0 Å². The molecule has 1 aromatic carbocycles. The molecule has 0 aromatic heterocycles. The maximum atomic E-state index is 13.5. The van der Waals surface area contributed by atoms with Gasteiger partial charge in [-0.3, -0.25) is 9.59 Å². The quantitative estimate of drug-likeness (QED) is 0.653. The lowest BCUT2D eigenvalue weighted by Crippen LogP contribution is -2.54. The van der Waals surface area contributed by atoms with E-state index in [-0.39, 0.29) is 37.4 Å². The maximum absolute atomic E-state index is 13.5. The van der Waals surface area contributed by atoms with Crippen LogP contribution in [-0.4, -0.2) is 91.5 Å². The third-order valence-electron chi connectivity index (χ3n) is 3.74. The highest BCUT2D eigenvalue weighted by atomic mass is 19.1. The van der Waals surface area contributed by atoms with Crippen LogP contribution in [0.4, 0.5) is 4.39 Å². The van der Waals surface area contributed by atoms with Crippen molar-refractivity contribution in [1.82, 2.24) is 9.80 Å². The number of halogens is 1. The van der Waals surface area contributed by atoms with Gasteiger partial charge in [0.1, 0.15) is 0 Å². The molecule has 2 rings (SSSR count). The Morgan fingerprint density at radius 3 is 2.85 bits per heavy atom. The summed E-state index contributed by atoms with van der Waals surface area (Å²) in [4.78, 5) is 24.4. The lowest BCUT2D eigenvalue weighted by molar-refractivity contribution is -0.142. The Labute approximate surface area is 151 Å². The number of hydrogen-bond acceptors (Lipinski definition) is 6. The second-order valence-electron chi connectivity index (χ2n) is 5.63. The molecule has 0 saturated carbocycles. The van der Waals surface area contributed by atoms with Gasteiger partial charge in [-0.2, -0.15) is 0 Å². The van der Waals surface area contributed by atoms with Gasteiger partial charge in [-0.15, -0.1) is 0 Å². The van der Waals surface area contributed by atoms with Crippen molar-refractivity contribution in [3.05, 3.63) is 30.1 Å². The van der Waals surface area contributed by atoms with Crippen molar-refractivity contribution in [2.24, 2.45) is 0 Å². The molecule has 1 aliphatic rings. The van der Waals surface area contributed by atoms with Crippen LogP contribution in [0.5, 0.6) is 5.75 Å². The first kappa shape index (κ1) is 21.8. The van der Waals surface area contributed by atoms with Gasteiger partial charge in [-0.05, 0) is 19.2 Å². The molecule has 0 radical (unpaired) electrons. The molecule has 0 spiro atoms. The Morgan fingerprint density at radius 2 is 2.19 bits per heavy atom. The van der Waals surface area contributed by atoms with E-state index in [9.17, 15) is 9.18 Å². The summed E-state index contributed by atoms with van der Waals surface area (Å²) in [5, 5.41) is 15.9. The number of carboxylic acid groups (broad SMARTS) is 1. The average molecular weight is 372 g/mol. The lowest BCUT2D eigenvalue weighted by atomic mass is 10.2. The molecule has 0 bridgehead atoms. The molecule has 1 fully saturated rings. The molecule has 1 amide bonds. The Bertz CT molecular complexity index is 560. The summed E-state index contributed by atoms with van der Waals surface area (Å²) in [7, 11) is 1.88. The number of benzene rings is 1. The topological polar surface area (TPSA) is 99.5 Å². The minimum absolute atomic E-state index is 0.0639. The predicted octanol–water partition coefficient (Wildman–Crippen LogP) is 0.0568. The van der Waals surface area contributed by atoms with Crippen molar-refractivity contribution in [2.45, 2.75) is 6.04 Å². The number of para-hydroxylation sites is 1. The number of carbonyl (C=O) groups is 2. The summed E-state index contributed by atoms with van der Waals surface area (Å²) < 4.78 is 24.2. The Morgan fingerprint density at radius 1 is 1.50 bits per heavy atom. The molecule has 146 valence electrons. The summed E-state index contributed by atoms with van der Waals surface area (Å²) in [5.74, 6) is -0.608. The van der Waals surface area contributed by atoms with E-state index in [1.165, 1.54) is 12.1 Å². The van der Waals surface area contributed by atoms with Crippen LogP contribution < -0.4 is 4.74 Å². The fraction of sp³-hybridized carbons (Fsp3) is 0.529. The van der Waals surface area contributed by atoms with Crippen molar-refractivity contribution in [3.8, 4) is 5.75 Å². The molecule has 8 nitrogen and oxygen atoms in total. The van der Waals surface area contributed by atoms with Gasteiger partial charge in [-0.25, -0.2) is 4.39 Å². The second-order valence-corrected chi connectivity index (χ2v) is 5.63. The lowest BCUT2D eigenvalue weighted by Gasteiger charge is -2.37. The third-order valence-corrected chi connectivity index (χ3v) is 3.74. The summed E-state index contributed by atoms with van der Waals surface area (Å²) >= 11 is 0. The first-order chi connectivity index (χ1) is 12.5. The molecule has 2 N–H and O–H groups in total. The van der Waals surface area contributed by atoms with Gasteiger partial charge in [0.25, 0.3) is 12.4 Å². The van der Waals surface area contributed by atoms with Crippen LogP contribution in [0, 0.1) is 5.82 Å². The van der Waals surface area contributed by atoms with Crippen LogP contribution in [0.3, 0.4) is 0 Å². The molecular weight excluding hydrogens is 347 g/mol. The highest BCUT2D eigenvalue weighted by Crippen LogP contribution is 2.16. The molecule has 9 heteroatoms. The van der Waals surface area contributed by atoms with E-state index in [1.807, 2.05) is 11.9 Å². The number of likely N-dealkylation sites (N-methyl/N-ethyl adjacent to an activating group) is 1. The van der Waals surface area contributed by atoms with Crippen molar-refractivity contribution < 1.29 is 33.7 Å². The summed E-state index contributed by atoms with van der Waals surface area (Å²) in [6.45, 7) is 2.15. The van der Waals surface area contributed by atoms with Crippen LogP contribution in [-0.2, 0) is 14.3 Å². The van der Waals surface area contributed by atoms with E-state index in [1.54, 1.807) is 17.0 Å². The molecule has 1 heterocycles. The standard InChI is InChI=1S/C16H23FN2O4.CH2O2/c1-18(6-8-20)10-13-11-22-9-7-19(13)16(21)12-23-15-5-3-2-4-14(15)17;2-1-3/h2-5,13,20H,6-12H2,1H3;1H,(H,2,3). The fourth-order valence-electron chi connectivity index (χ4n) is 2.54. The molecule has 1 saturated heterocycles. The number of aliphatic hydroxyl groups excluding tert-OH is 1. The zero-order valence-electron chi connectivity index (χ0n) is 14.7. The minimum Gasteiger partial charge on any atom is -0.483 e. The van der Waals surface area contributed by atoms with Crippen LogP contribution in [0.25, 0.3) is 0 Å².